The first-order valence-electron chi connectivity index (χ1n) is 9.11. The Morgan fingerprint density at radius 3 is 2.59 bits per heavy atom. The molecule has 2 aliphatic heterocycles. The van der Waals surface area contributed by atoms with Crippen LogP contribution < -0.4 is 0 Å². The molecule has 1 saturated heterocycles. The molecule has 0 aromatic rings. The molecule has 2 atom stereocenters. The van der Waals surface area contributed by atoms with E-state index in [1.165, 1.54) is 38.5 Å². The van der Waals surface area contributed by atoms with Gasteiger partial charge in [0.2, 0.25) is 0 Å². The van der Waals surface area contributed by atoms with Crippen molar-refractivity contribution in [2.75, 3.05) is 0 Å². The van der Waals surface area contributed by atoms with E-state index in [0.717, 1.165) is 19.3 Å². The summed E-state index contributed by atoms with van der Waals surface area (Å²) in [6, 6.07) is 0.648. The van der Waals surface area contributed by atoms with Gasteiger partial charge in [-0.15, -0.1) is 0 Å². The number of rotatable bonds is 6. The molecule has 3 heteroatoms. The first-order chi connectivity index (χ1) is 10.4. The highest BCUT2D eigenvalue weighted by Crippen LogP contribution is 2.37. The number of carbonyl (C=O) groups excluding carboxylic acids is 1. The molecule has 2 aliphatic rings. The summed E-state index contributed by atoms with van der Waals surface area (Å²) in [5.41, 5.74) is 1.17. The lowest BCUT2D eigenvalue weighted by atomic mass is 9.96. The molecule has 0 spiro atoms. The summed E-state index contributed by atoms with van der Waals surface area (Å²) in [6.45, 7) is 8.07. The molecule has 0 N–H and O–H groups in total. The molecular formula is C19H33NO2. The smallest absolute Gasteiger partial charge is 0.411 e. The van der Waals surface area contributed by atoms with E-state index in [4.69, 9.17) is 4.74 Å². The van der Waals surface area contributed by atoms with Crippen molar-refractivity contribution in [2.24, 2.45) is 0 Å². The van der Waals surface area contributed by atoms with E-state index >= 15 is 0 Å². The van der Waals surface area contributed by atoms with Crippen molar-refractivity contribution in [1.82, 2.24) is 4.90 Å². The normalized spacial score (nSPS) is 24.4. The zero-order chi connectivity index (χ0) is 16.2. The van der Waals surface area contributed by atoms with Gasteiger partial charge in [-0.05, 0) is 52.9 Å². The van der Waals surface area contributed by atoms with Crippen LogP contribution in [-0.2, 0) is 4.74 Å². The molecule has 1 amide bonds. The summed E-state index contributed by atoms with van der Waals surface area (Å²) in [4.78, 5) is 14.4. The number of carbonyl (C=O) groups is 1. The average molecular weight is 307 g/mol. The molecule has 1 fully saturated rings. The second-order valence-corrected chi connectivity index (χ2v) is 7.88. The van der Waals surface area contributed by atoms with Gasteiger partial charge >= 0.3 is 6.09 Å². The summed E-state index contributed by atoms with van der Waals surface area (Å²) in [7, 11) is 0. The summed E-state index contributed by atoms with van der Waals surface area (Å²) < 4.78 is 5.58. The van der Waals surface area contributed by atoms with Gasteiger partial charge in [0.15, 0.2) is 0 Å². The minimum absolute atomic E-state index is 0.127. The van der Waals surface area contributed by atoms with Gasteiger partial charge in [-0.1, -0.05) is 44.3 Å². The van der Waals surface area contributed by atoms with Crippen molar-refractivity contribution in [3.05, 3.63) is 11.6 Å². The Bertz CT molecular complexity index is 408. The van der Waals surface area contributed by atoms with Crippen LogP contribution in [0.5, 0.6) is 0 Å². The minimum atomic E-state index is -0.403. The van der Waals surface area contributed by atoms with E-state index in [1.807, 2.05) is 25.7 Å². The standard InChI is InChI=1S/C19H33NO2/c1-5-6-7-8-9-10-15-13-16-11-12-17(14-15)20(16)18(21)22-19(2,3)4/h13,16-17H,5-12,14H2,1-4H3. The van der Waals surface area contributed by atoms with Crippen LogP contribution in [0.2, 0.25) is 0 Å². The molecule has 2 bridgehead atoms. The lowest BCUT2D eigenvalue weighted by molar-refractivity contribution is 0.0166. The fraction of sp³-hybridized carbons (Fsp3) is 0.842. The molecule has 0 aromatic carbocycles. The van der Waals surface area contributed by atoms with Crippen LogP contribution in [0.4, 0.5) is 4.79 Å². The minimum Gasteiger partial charge on any atom is -0.444 e. The van der Waals surface area contributed by atoms with Crippen LogP contribution in [0, 0.1) is 0 Å². The van der Waals surface area contributed by atoms with Gasteiger partial charge in [-0.25, -0.2) is 4.79 Å². The summed E-state index contributed by atoms with van der Waals surface area (Å²) >= 11 is 0. The number of hydrogen-bond acceptors (Lipinski definition) is 2. The SMILES string of the molecule is CCCCCCCC1=CC2CCC(C1)N2C(=O)OC(C)(C)C. The lowest BCUT2D eigenvalue weighted by Gasteiger charge is -2.35. The summed E-state index contributed by atoms with van der Waals surface area (Å²) in [6.07, 6.45) is 13.4. The molecule has 126 valence electrons. The van der Waals surface area contributed by atoms with E-state index in [0.29, 0.717) is 6.04 Å². The van der Waals surface area contributed by atoms with Gasteiger partial charge in [0.1, 0.15) is 5.60 Å². The van der Waals surface area contributed by atoms with Gasteiger partial charge < -0.3 is 4.74 Å². The summed E-state index contributed by atoms with van der Waals surface area (Å²) in [5, 5.41) is 0. The fourth-order valence-electron chi connectivity index (χ4n) is 3.66. The third-order valence-corrected chi connectivity index (χ3v) is 4.68. The van der Waals surface area contributed by atoms with Crippen LogP contribution in [-0.4, -0.2) is 28.7 Å². The molecule has 2 rings (SSSR count). The van der Waals surface area contributed by atoms with Crippen LogP contribution in [0.1, 0.15) is 85.5 Å². The van der Waals surface area contributed by atoms with Crippen molar-refractivity contribution in [1.29, 1.82) is 0 Å². The zero-order valence-corrected chi connectivity index (χ0v) is 14.9. The van der Waals surface area contributed by atoms with Gasteiger partial charge in [-0.2, -0.15) is 0 Å². The summed E-state index contributed by atoms with van der Waals surface area (Å²) in [5.74, 6) is 0. The molecule has 3 nitrogen and oxygen atoms in total. The van der Waals surface area contributed by atoms with E-state index < -0.39 is 5.60 Å². The van der Waals surface area contributed by atoms with E-state index in [-0.39, 0.29) is 12.1 Å². The van der Waals surface area contributed by atoms with Gasteiger partial charge in [0.25, 0.3) is 0 Å². The molecule has 2 heterocycles. The Morgan fingerprint density at radius 1 is 1.23 bits per heavy atom. The Labute approximate surface area is 136 Å². The van der Waals surface area contributed by atoms with Crippen LogP contribution >= 0.6 is 0 Å². The molecule has 0 aliphatic carbocycles. The van der Waals surface area contributed by atoms with Crippen molar-refractivity contribution in [2.45, 2.75) is 103 Å². The lowest BCUT2D eigenvalue weighted by Crippen LogP contribution is -2.45. The van der Waals surface area contributed by atoms with Crippen LogP contribution in [0.15, 0.2) is 11.6 Å². The highest BCUT2D eigenvalue weighted by atomic mass is 16.6. The number of ether oxygens (including phenoxy) is 1. The molecule has 0 saturated carbocycles. The quantitative estimate of drug-likeness (QED) is 0.482. The highest BCUT2D eigenvalue weighted by molar-refractivity contribution is 5.70. The third kappa shape index (κ3) is 4.76. The third-order valence-electron chi connectivity index (χ3n) is 4.68. The van der Waals surface area contributed by atoms with E-state index in [1.54, 1.807) is 5.57 Å². The predicted octanol–water partition coefficient (Wildman–Crippen LogP) is 5.45. The van der Waals surface area contributed by atoms with Crippen LogP contribution in [0.3, 0.4) is 0 Å². The van der Waals surface area contributed by atoms with E-state index in [9.17, 15) is 4.79 Å². The zero-order valence-electron chi connectivity index (χ0n) is 14.9. The average Bonchev–Trinajstić information content (AvgIpc) is 2.68. The largest absolute Gasteiger partial charge is 0.444 e. The van der Waals surface area contributed by atoms with Gasteiger partial charge in [-0.3, -0.25) is 4.90 Å². The van der Waals surface area contributed by atoms with Crippen molar-refractivity contribution < 1.29 is 9.53 Å². The van der Waals surface area contributed by atoms with Gasteiger partial charge in [0.05, 0.1) is 6.04 Å². The first kappa shape index (κ1) is 17.4. The maximum atomic E-state index is 12.4. The molecule has 2 unspecified atom stereocenters. The maximum Gasteiger partial charge on any atom is 0.411 e. The fourth-order valence-corrected chi connectivity index (χ4v) is 3.66. The van der Waals surface area contributed by atoms with E-state index in [2.05, 4.69) is 13.0 Å². The number of nitrogens with zero attached hydrogens (tertiary/aromatic N) is 1. The second-order valence-electron chi connectivity index (χ2n) is 7.88. The Morgan fingerprint density at radius 2 is 1.95 bits per heavy atom. The highest BCUT2D eigenvalue weighted by Gasteiger charge is 2.41. The second kappa shape index (κ2) is 7.52. The molecule has 0 radical (unpaired) electrons. The monoisotopic (exact) mass is 307 g/mol. The maximum absolute atomic E-state index is 12.4. The van der Waals surface area contributed by atoms with Crippen molar-refractivity contribution in [3.8, 4) is 0 Å². The van der Waals surface area contributed by atoms with Crippen molar-refractivity contribution in [3.63, 3.8) is 0 Å². The van der Waals surface area contributed by atoms with Crippen molar-refractivity contribution >= 4 is 6.09 Å². The Kier molecular flexibility index (Phi) is 5.94. The van der Waals surface area contributed by atoms with Gasteiger partial charge in [0, 0.05) is 6.04 Å². The molecular weight excluding hydrogens is 274 g/mol. The Balaban J connectivity index is 1.85. The Hall–Kier alpha value is -0.990. The first-order valence-corrected chi connectivity index (χ1v) is 9.11. The predicted molar refractivity (Wildman–Crippen MR) is 91.0 cm³/mol. The molecule has 0 aromatic heterocycles. The molecule has 22 heavy (non-hydrogen) atoms. The van der Waals surface area contributed by atoms with Crippen LogP contribution in [0.25, 0.3) is 0 Å². The number of amides is 1. The number of hydrogen-bond donors (Lipinski definition) is 0. The number of unbranched alkanes of at least 4 members (excludes halogenated alkanes) is 4. The number of fused-ring (bicyclic) bond motifs is 2. The topological polar surface area (TPSA) is 29.5 Å².